The predicted molar refractivity (Wildman–Crippen MR) is 113 cm³/mol. The number of likely N-dealkylation sites (N-methyl/N-ethyl adjacent to an activating group) is 1. The van der Waals surface area contributed by atoms with Crippen molar-refractivity contribution in [1.29, 1.82) is 0 Å². The number of hydrogen-bond acceptors (Lipinski definition) is 6. The molecule has 1 aliphatic rings. The first-order valence-electron chi connectivity index (χ1n) is 9.38. The Kier molecular flexibility index (Phi) is 6.60. The summed E-state index contributed by atoms with van der Waals surface area (Å²) in [6.07, 6.45) is 0. The van der Waals surface area contributed by atoms with Gasteiger partial charge < -0.3 is 29.9 Å². The van der Waals surface area contributed by atoms with E-state index in [2.05, 4.69) is 39.6 Å². The molecule has 7 heteroatoms. The molecule has 2 aromatic carbocycles. The number of carbonyl (C=O) groups is 1. The lowest BCUT2D eigenvalue weighted by Gasteiger charge is -2.34. The van der Waals surface area contributed by atoms with Crippen LogP contribution < -0.4 is 25.0 Å². The number of ether oxygens (including phenoxy) is 2. The first kappa shape index (κ1) is 19.8. The summed E-state index contributed by atoms with van der Waals surface area (Å²) in [7, 11) is 5.30. The molecule has 0 atom stereocenters. The lowest BCUT2D eigenvalue weighted by atomic mass is 10.2. The third kappa shape index (κ3) is 5.07. The SMILES string of the molecule is COc1ccc(OC)c(NC(=O)CNc2ccc(N3CCN(C)CC3)cc2)c1. The summed E-state index contributed by atoms with van der Waals surface area (Å²) in [6.45, 7) is 4.39. The molecule has 150 valence electrons. The molecule has 1 amide bonds. The zero-order valence-electron chi connectivity index (χ0n) is 16.7. The molecule has 2 aromatic rings. The molecule has 1 saturated heterocycles. The van der Waals surface area contributed by atoms with Crippen molar-refractivity contribution in [2.24, 2.45) is 0 Å². The van der Waals surface area contributed by atoms with E-state index in [1.807, 2.05) is 12.1 Å². The van der Waals surface area contributed by atoms with Crippen LogP contribution in [0.15, 0.2) is 42.5 Å². The van der Waals surface area contributed by atoms with Gasteiger partial charge in [0.25, 0.3) is 0 Å². The van der Waals surface area contributed by atoms with Crippen molar-refractivity contribution in [3.8, 4) is 11.5 Å². The second kappa shape index (κ2) is 9.32. The maximum absolute atomic E-state index is 12.3. The van der Waals surface area contributed by atoms with Crippen molar-refractivity contribution in [1.82, 2.24) is 4.90 Å². The fourth-order valence-corrected chi connectivity index (χ4v) is 3.14. The number of anilines is 3. The van der Waals surface area contributed by atoms with Crippen molar-refractivity contribution in [3.63, 3.8) is 0 Å². The predicted octanol–water partition coefficient (Wildman–Crippen LogP) is 2.51. The van der Waals surface area contributed by atoms with E-state index in [9.17, 15) is 4.79 Å². The van der Waals surface area contributed by atoms with Gasteiger partial charge in [0.05, 0.1) is 26.5 Å². The fourth-order valence-electron chi connectivity index (χ4n) is 3.14. The Hall–Kier alpha value is -2.93. The average Bonchev–Trinajstić information content (AvgIpc) is 2.73. The van der Waals surface area contributed by atoms with Gasteiger partial charge in [-0.05, 0) is 43.4 Å². The smallest absolute Gasteiger partial charge is 0.243 e. The molecule has 0 saturated carbocycles. The Balaban J connectivity index is 1.53. The number of rotatable bonds is 7. The molecule has 0 aromatic heterocycles. The van der Waals surface area contributed by atoms with Crippen molar-refractivity contribution in [2.45, 2.75) is 0 Å². The van der Waals surface area contributed by atoms with Gasteiger partial charge in [-0.25, -0.2) is 0 Å². The van der Waals surface area contributed by atoms with E-state index < -0.39 is 0 Å². The van der Waals surface area contributed by atoms with Gasteiger partial charge in [-0.3, -0.25) is 4.79 Å². The van der Waals surface area contributed by atoms with E-state index in [0.29, 0.717) is 17.2 Å². The highest BCUT2D eigenvalue weighted by molar-refractivity contribution is 5.95. The number of nitrogens with zero attached hydrogens (tertiary/aromatic N) is 2. The molecule has 2 N–H and O–H groups in total. The number of hydrogen-bond donors (Lipinski definition) is 2. The molecule has 3 rings (SSSR count). The molecule has 1 fully saturated rings. The van der Waals surface area contributed by atoms with Crippen LogP contribution in [0.2, 0.25) is 0 Å². The molecule has 7 nitrogen and oxygen atoms in total. The molecule has 0 unspecified atom stereocenters. The van der Waals surface area contributed by atoms with Crippen LogP contribution >= 0.6 is 0 Å². The van der Waals surface area contributed by atoms with Gasteiger partial charge in [-0.15, -0.1) is 0 Å². The third-order valence-electron chi connectivity index (χ3n) is 4.87. The Morgan fingerprint density at radius 1 is 1.00 bits per heavy atom. The third-order valence-corrected chi connectivity index (χ3v) is 4.87. The van der Waals surface area contributed by atoms with Crippen molar-refractivity contribution in [2.75, 3.05) is 69.5 Å². The van der Waals surface area contributed by atoms with Gasteiger partial charge in [0.15, 0.2) is 0 Å². The van der Waals surface area contributed by atoms with E-state index in [-0.39, 0.29) is 12.5 Å². The molecule has 0 spiro atoms. The number of methoxy groups -OCH3 is 2. The average molecular weight is 384 g/mol. The number of benzene rings is 2. The van der Waals surface area contributed by atoms with Gasteiger partial charge in [0.1, 0.15) is 11.5 Å². The minimum absolute atomic E-state index is 0.158. The van der Waals surface area contributed by atoms with E-state index in [4.69, 9.17) is 9.47 Å². The van der Waals surface area contributed by atoms with Crippen molar-refractivity contribution in [3.05, 3.63) is 42.5 Å². The van der Waals surface area contributed by atoms with E-state index in [0.717, 1.165) is 31.9 Å². The summed E-state index contributed by atoms with van der Waals surface area (Å²) in [5.41, 5.74) is 2.70. The second-order valence-electron chi connectivity index (χ2n) is 6.81. The highest BCUT2D eigenvalue weighted by Crippen LogP contribution is 2.28. The maximum Gasteiger partial charge on any atom is 0.243 e. The number of piperazine rings is 1. The number of carbonyl (C=O) groups excluding carboxylic acids is 1. The Morgan fingerprint density at radius 3 is 2.36 bits per heavy atom. The summed E-state index contributed by atoms with van der Waals surface area (Å²) in [5, 5.41) is 6.01. The summed E-state index contributed by atoms with van der Waals surface area (Å²) >= 11 is 0. The van der Waals surface area contributed by atoms with Crippen LogP contribution in [0.25, 0.3) is 0 Å². The Bertz CT molecular complexity index is 787. The Morgan fingerprint density at radius 2 is 1.71 bits per heavy atom. The zero-order chi connectivity index (χ0) is 19.9. The normalized spacial score (nSPS) is 14.5. The van der Waals surface area contributed by atoms with Gasteiger partial charge in [-0.1, -0.05) is 0 Å². The zero-order valence-corrected chi connectivity index (χ0v) is 16.7. The van der Waals surface area contributed by atoms with Crippen LogP contribution in [-0.4, -0.2) is 64.8 Å². The molecule has 1 aliphatic heterocycles. The summed E-state index contributed by atoms with van der Waals surface area (Å²) in [4.78, 5) is 17.0. The highest BCUT2D eigenvalue weighted by Gasteiger charge is 2.14. The molecule has 0 radical (unpaired) electrons. The first-order chi connectivity index (χ1) is 13.6. The maximum atomic E-state index is 12.3. The largest absolute Gasteiger partial charge is 0.497 e. The monoisotopic (exact) mass is 384 g/mol. The standard InChI is InChI=1S/C21H28N4O3/c1-24-10-12-25(13-11-24)17-6-4-16(5-7-17)22-15-21(26)23-19-14-18(27-2)8-9-20(19)28-3/h4-9,14,22H,10-13,15H2,1-3H3,(H,23,26). The quantitative estimate of drug-likeness (QED) is 0.765. The number of amides is 1. The molecular formula is C21H28N4O3. The molecular weight excluding hydrogens is 356 g/mol. The molecule has 28 heavy (non-hydrogen) atoms. The molecule has 0 bridgehead atoms. The van der Waals surface area contributed by atoms with Crippen LogP contribution in [0.3, 0.4) is 0 Å². The van der Waals surface area contributed by atoms with Crippen molar-refractivity contribution >= 4 is 23.0 Å². The van der Waals surface area contributed by atoms with Crippen LogP contribution in [0.5, 0.6) is 11.5 Å². The Labute approximate surface area is 166 Å². The minimum atomic E-state index is -0.158. The van der Waals surface area contributed by atoms with Crippen LogP contribution in [0.1, 0.15) is 0 Å². The van der Waals surface area contributed by atoms with Gasteiger partial charge in [0, 0.05) is 43.6 Å². The van der Waals surface area contributed by atoms with E-state index in [1.165, 1.54) is 5.69 Å². The minimum Gasteiger partial charge on any atom is -0.497 e. The number of nitrogens with one attached hydrogen (secondary N) is 2. The highest BCUT2D eigenvalue weighted by atomic mass is 16.5. The van der Waals surface area contributed by atoms with Crippen LogP contribution in [0.4, 0.5) is 17.1 Å². The summed E-state index contributed by atoms with van der Waals surface area (Å²) in [6, 6.07) is 13.5. The molecule has 1 heterocycles. The summed E-state index contributed by atoms with van der Waals surface area (Å²) in [5.74, 6) is 1.09. The van der Waals surface area contributed by atoms with E-state index >= 15 is 0 Å². The molecule has 0 aliphatic carbocycles. The van der Waals surface area contributed by atoms with Gasteiger partial charge in [0.2, 0.25) is 5.91 Å². The lowest BCUT2D eigenvalue weighted by Crippen LogP contribution is -2.44. The van der Waals surface area contributed by atoms with E-state index in [1.54, 1.807) is 32.4 Å². The van der Waals surface area contributed by atoms with Crippen LogP contribution in [0, 0.1) is 0 Å². The van der Waals surface area contributed by atoms with Gasteiger partial charge in [-0.2, -0.15) is 0 Å². The summed E-state index contributed by atoms with van der Waals surface area (Å²) < 4.78 is 10.5. The van der Waals surface area contributed by atoms with Crippen molar-refractivity contribution < 1.29 is 14.3 Å². The van der Waals surface area contributed by atoms with Gasteiger partial charge >= 0.3 is 0 Å². The lowest BCUT2D eigenvalue weighted by molar-refractivity contribution is -0.114. The second-order valence-corrected chi connectivity index (χ2v) is 6.81. The fraction of sp³-hybridized carbons (Fsp3) is 0.381. The van der Waals surface area contributed by atoms with Crippen LogP contribution in [-0.2, 0) is 4.79 Å². The topological polar surface area (TPSA) is 66.1 Å². The first-order valence-corrected chi connectivity index (χ1v) is 9.38.